The van der Waals surface area contributed by atoms with Crippen LogP contribution in [0.5, 0.6) is 0 Å². The van der Waals surface area contributed by atoms with Crippen LogP contribution in [0.4, 0.5) is 0 Å². The van der Waals surface area contributed by atoms with Gasteiger partial charge in [0.1, 0.15) is 6.61 Å². The summed E-state index contributed by atoms with van der Waals surface area (Å²) in [4.78, 5) is 14.1. The molecule has 0 spiro atoms. The summed E-state index contributed by atoms with van der Waals surface area (Å²) in [6.07, 6.45) is 7.75. The molecule has 2 fully saturated rings. The van der Waals surface area contributed by atoms with Crippen molar-refractivity contribution in [1.82, 2.24) is 4.90 Å². The SMILES string of the molecule is CCOCC(=O)N1CCCC1C1CCCC1. The fraction of sp³-hybridized carbons (Fsp3) is 0.923. The molecule has 1 amide bonds. The average Bonchev–Trinajstić information content (AvgIpc) is 2.94. The first-order valence-electron chi connectivity index (χ1n) is 6.70. The molecule has 1 saturated heterocycles. The summed E-state index contributed by atoms with van der Waals surface area (Å²) < 4.78 is 5.23. The normalized spacial score (nSPS) is 26.6. The van der Waals surface area contributed by atoms with Crippen LogP contribution in [0.25, 0.3) is 0 Å². The minimum Gasteiger partial charge on any atom is -0.372 e. The summed E-state index contributed by atoms with van der Waals surface area (Å²) >= 11 is 0. The van der Waals surface area contributed by atoms with Gasteiger partial charge in [-0.25, -0.2) is 0 Å². The van der Waals surface area contributed by atoms with E-state index in [1.807, 2.05) is 6.92 Å². The first kappa shape index (κ1) is 11.9. The van der Waals surface area contributed by atoms with Gasteiger partial charge in [-0.2, -0.15) is 0 Å². The number of carbonyl (C=O) groups is 1. The van der Waals surface area contributed by atoms with E-state index in [2.05, 4.69) is 4.90 Å². The molecule has 3 nitrogen and oxygen atoms in total. The largest absolute Gasteiger partial charge is 0.372 e. The number of rotatable bonds is 4. The Hall–Kier alpha value is -0.570. The van der Waals surface area contributed by atoms with Gasteiger partial charge in [-0.15, -0.1) is 0 Å². The molecule has 3 heteroatoms. The molecule has 1 atom stereocenters. The van der Waals surface area contributed by atoms with Crippen LogP contribution in [0.15, 0.2) is 0 Å². The van der Waals surface area contributed by atoms with E-state index in [0.29, 0.717) is 12.6 Å². The van der Waals surface area contributed by atoms with Crippen molar-refractivity contribution in [2.45, 2.75) is 51.5 Å². The lowest BCUT2D eigenvalue weighted by Gasteiger charge is -2.29. The first-order chi connectivity index (χ1) is 7.83. The van der Waals surface area contributed by atoms with Crippen molar-refractivity contribution in [3.63, 3.8) is 0 Å². The zero-order chi connectivity index (χ0) is 11.4. The molecular formula is C13H23NO2. The second-order valence-corrected chi connectivity index (χ2v) is 4.98. The predicted molar refractivity (Wildman–Crippen MR) is 63.2 cm³/mol. The van der Waals surface area contributed by atoms with Crippen molar-refractivity contribution in [1.29, 1.82) is 0 Å². The van der Waals surface area contributed by atoms with Crippen molar-refractivity contribution in [2.24, 2.45) is 5.92 Å². The Morgan fingerprint density at radius 1 is 1.25 bits per heavy atom. The highest BCUT2D eigenvalue weighted by Crippen LogP contribution is 2.35. The number of likely N-dealkylation sites (tertiary alicyclic amines) is 1. The molecule has 2 aliphatic rings. The zero-order valence-electron chi connectivity index (χ0n) is 10.3. The van der Waals surface area contributed by atoms with E-state index in [0.717, 1.165) is 12.5 Å². The van der Waals surface area contributed by atoms with Gasteiger partial charge in [0.15, 0.2) is 0 Å². The Morgan fingerprint density at radius 3 is 2.69 bits per heavy atom. The molecule has 0 aromatic heterocycles. The van der Waals surface area contributed by atoms with Gasteiger partial charge in [-0.3, -0.25) is 4.79 Å². The lowest BCUT2D eigenvalue weighted by Crippen LogP contribution is -2.41. The molecule has 0 N–H and O–H groups in total. The zero-order valence-corrected chi connectivity index (χ0v) is 10.3. The molecule has 0 bridgehead atoms. The summed E-state index contributed by atoms with van der Waals surface area (Å²) in [6, 6.07) is 0.524. The maximum Gasteiger partial charge on any atom is 0.248 e. The molecular weight excluding hydrogens is 202 g/mol. The monoisotopic (exact) mass is 225 g/mol. The number of hydrogen-bond acceptors (Lipinski definition) is 2. The summed E-state index contributed by atoms with van der Waals surface area (Å²) in [5.41, 5.74) is 0. The van der Waals surface area contributed by atoms with Crippen LogP contribution in [0.2, 0.25) is 0 Å². The third-order valence-electron chi connectivity index (χ3n) is 3.99. The second kappa shape index (κ2) is 5.67. The van der Waals surface area contributed by atoms with Crippen LogP contribution >= 0.6 is 0 Å². The molecule has 92 valence electrons. The van der Waals surface area contributed by atoms with E-state index in [1.54, 1.807) is 0 Å². The quantitative estimate of drug-likeness (QED) is 0.734. The van der Waals surface area contributed by atoms with Crippen LogP contribution in [0.3, 0.4) is 0 Å². The first-order valence-corrected chi connectivity index (χ1v) is 6.70. The molecule has 1 saturated carbocycles. The number of nitrogens with zero attached hydrogens (tertiary/aromatic N) is 1. The fourth-order valence-electron chi connectivity index (χ4n) is 3.21. The lowest BCUT2D eigenvalue weighted by molar-refractivity contribution is -0.137. The molecule has 0 radical (unpaired) electrons. The maximum atomic E-state index is 12.0. The summed E-state index contributed by atoms with van der Waals surface area (Å²) in [6.45, 7) is 3.80. The van der Waals surface area contributed by atoms with Crippen LogP contribution < -0.4 is 0 Å². The Balaban J connectivity index is 1.89. The van der Waals surface area contributed by atoms with E-state index >= 15 is 0 Å². The van der Waals surface area contributed by atoms with Crippen LogP contribution in [0.1, 0.15) is 45.4 Å². The molecule has 0 aromatic carbocycles. The fourth-order valence-corrected chi connectivity index (χ4v) is 3.21. The van der Waals surface area contributed by atoms with E-state index in [-0.39, 0.29) is 12.5 Å². The minimum atomic E-state index is 0.205. The number of hydrogen-bond donors (Lipinski definition) is 0. The Kier molecular flexibility index (Phi) is 4.22. The van der Waals surface area contributed by atoms with E-state index < -0.39 is 0 Å². The van der Waals surface area contributed by atoms with Crippen LogP contribution in [-0.4, -0.2) is 36.6 Å². The highest BCUT2D eigenvalue weighted by Gasteiger charge is 2.35. The molecule has 16 heavy (non-hydrogen) atoms. The molecule has 1 unspecified atom stereocenters. The van der Waals surface area contributed by atoms with E-state index in [1.165, 1.54) is 38.5 Å². The van der Waals surface area contributed by atoms with Crippen molar-refractivity contribution in [3.05, 3.63) is 0 Å². The Morgan fingerprint density at radius 2 is 2.00 bits per heavy atom. The predicted octanol–water partition coefficient (Wildman–Crippen LogP) is 2.20. The molecule has 1 heterocycles. The summed E-state index contributed by atoms with van der Waals surface area (Å²) in [5.74, 6) is 0.976. The lowest BCUT2D eigenvalue weighted by atomic mass is 9.96. The topological polar surface area (TPSA) is 29.5 Å². The van der Waals surface area contributed by atoms with Gasteiger partial charge in [0.2, 0.25) is 5.91 Å². The molecule has 1 aliphatic heterocycles. The van der Waals surface area contributed by atoms with Gasteiger partial charge in [0.05, 0.1) is 0 Å². The number of amides is 1. The van der Waals surface area contributed by atoms with E-state index in [4.69, 9.17) is 4.74 Å². The highest BCUT2D eigenvalue weighted by atomic mass is 16.5. The third-order valence-corrected chi connectivity index (χ3v) is 3.99. The average molecular weight is 225 g/mol. The Bertz CT molecular complexity index is 236. The van der Waals surface area contributed by atoms with E-state index in [9.17, 15) is 4.79 Å². The summed E-state index contributed by atoms with van der Waals surface area (Å²) in [7, 11) is 0. The van der Waals surface area contributed by atoms with Gasteiger partial charge in [0, 0.05) is 19.2 Å². The van der Waals surface area contributed by atoms with Gasteiger partial charge in [-0.1, -0.05) is 12.8 Å². The molecule has 2 rings (SSSR count). The highest BCUT2D eigenvalue weighted by molar-refractivity contribution is 5.78. The third kappa shape index (κ3) is 2.57. The maximum absolute atomic E-state index is 12.0. The minimum absolute atomic E-state index is 0.205. The van der Waals surface area contributed by atoms with Gasteiger partial charge in [0.25, 0.3) is 0 Å². The standard InChI is InChI=1S/C13H23NO2/c1-2-16-10-13(15)14-9-5-8-12(14)11-6-3-4-7-11/h11-12H,2-10H2,1H3. The smallest absolute Gasteiger partial charge is 0.248 e. The van der Waals surface area contributed by atoms with Gasteiger partial charge in [-0.05, 0) is 38.5 Å². The van der Waals surface area contributed by atoms with Gasteiger partial charge >= 0.3 is 0 Å². The van der Waals surface area contributed by atoms with Crippen molar-refractivity contribution < 1.29 is 9.53 Å². The summed E-state index contributed by atoms with van der Waals surface area (Å²) in [5, 5.41) is 0. The van der Waals surface area contributed by atoms with Crippen molar-refractivity contribution in [2.75, 3.05) is 19.8 Å². The van der Waals surface area contributed by atoms with Gasteiger partial charge < -0.3 is 9.64 Å². The van der Waals surface area contributed by atoms with Crippen LogP contribution in [0, 0.1) is 5.92 Å². The number of ether oxygens (including phenoxy) is 1. The Labute approximate surface area is 98.1 Å². The van der Waals surface area contributed by atoms with Crippen molar-refractivity contribution in [3.8, 4) is 0 Å². The molecule has 1 aliphatic carbocycles. The van der Waals surface area contributed by atoms with Crippen molar-refractivity contribution >= 4 is 5.91 Å². The number of carbonyl (C=O) groups excluding carboxylic acids is 1. The molecule has 0 aromatic rings. The van der Waals surface area contributed by atoms with Crippen LogP contribution in [-0.2, 0) is 9.53 Å². The second-order valence-electron chi connectivity index (χ2n) is 4.98.